The van der Waals surface area contributed by atoms with Crippen LogP contribution in [0.5, 0.6) is 0 Å². The van der Waals surface area contributed by atoms with Crippen LogP contribution in [0.1, 0.15) is 17.5 Å². The number of hydrogen-bond donors (Lipinski definition) is 0. The van der Waals surface area contributed by atoms with Crippen LogP contribution in [0, 0.1) is 6.92 Å². The van der Waals surface area contributed by atoms with E-state index in [1.165, 1.54) is 16.8 Å². The molecule has 1 aliphatic rings. The predicted molar refractivity (Wildman–Crippen MR) is 95.2 cm³/mol. The van der Waals surface area contributed by atoms with Gasteiger partial charge in [-0.1, -0.05) is 29.3 Å². The van der Waals surface area contributed by atoms with Gasteiger partial charge in [-0.15, -0.1) is 0 Å². The maximum atomic E-state index is 12.5. The average molecular weight is 350 g/mol. The number of halogens is 1. The fourth-order valence-corrected chi connectivity index (χ4v) is 4.40. The van der Waals surface area contributed by atoms with Gasteiger partial charge >= 0.3 is 0 Å². The standard InChI is InChI=1S/C18H20ClNO2S/c1-14-4-9-18-15(13-14)3-2-10-20(18)11-12-23(21,22)17-7-5-16(19)6-8-17/h4-9,13H,2-3,10-12H2,1H3. The summed E-state index contributed by atoms with van der Waals surface area (Å²) in [6, 6.07) is 12.8. The van der Waals surface area contributed by atoms with Crippen molar-refractivity contribution in [1.29, 1.82) is 0 Å². The lowest BCUT2D eigenvalue weighted by molar-refractivity contribution is 0.593. The van der Waals surface area contributed by atoms with Crippen LogP contribution in [0.3, 0.4) is 0 Å². The maximum absolute atomic E-state index is 12.5. The minimum absolute atomic E-state index is 0.113. The molecule has 0 bridgehead atoms. The summed E-state index contributed by atoms with van der Waals surface area (Å²) in [7, 11) is -3.29. The van der Waals surface area contributed by atoms with Crippen molar-refractivity contribution < 1.29 is 8.42 Å². The van der Waals surface area contributed by atoms with Crippen LogP contribution >= 0.6 is 11.6 Å². The highest BCUT2D eigenvalue weighted by atomic mass is 35.5. The molecule has 0 radical (unpaired) electrons. The third-order valence-corrected chi connectivity index (χ3v) is 6.21. The number of fused-ring (bicyclic) bond motifs is 1. The summed E-state index contributed by atoms with van der Waals surface area (Å²) in [5.74, 6) is 0.113. The van der Waals surface area contributed by atoms with Crippen LogP contribution in [-0.2, 0) is 16.3 Å². The molecule has 0 aromatic heterocycles. The fourth-order valence-electron chi connectivity index (χ4n) is 3.03. The summed E-state index contributed by atoms with van der Waals surface area (Å²) in [4.78, 5) is 2.52. The molecule has 0 atom stereocenters. The molecule has 5 heteroatoms. The zero-order chi connectivity index (χ0) is 16.4. The zero-order valence-corrected chi connectivity index (χ0v) is 14.7. The van der Waals surface area contributed by atoms with Crippen LogP contribution < -0.4 is 4.90 Å². The Balaban J connectivity index is 1.75. The second-order valence-electron chi connectivity index (χ2n) is 6.00. The van der Waals surface area contributed by atoms with Crippen molar-refractivity contribution in [3.8, 4) is 0 Å². The van der Waals surface area contributed by atoms with Crippen molar-refractivity contribution in [2.75, 3.05) is 23.7 Å². The molecule has 0 saturated heterocycles. The number of hydrogen-bond acceptors (Lipinski definition) is 3. The Morgan fingerprint density at radius 2 is 1.87 bits per heavy atom. The van der Waals surface area contributed by atoms with Crippen LogP contribution in [0.15, 0.2) is 47.4 Å². The van der Waals surface area contributed by atoms with Crippen LogP contribution in [0.2, 0.25) is 5.02 Å². The van der Waals surface area contributed by atoms with E-state index in [0.717, 1.165) is 19.4 Å². The van der Waals surface area contributed by atoms with Gasteiger partial charge in [0.25, 0.3) is 0 Å². The Morgan fingerprint density at radius 1 is 1.13 bits per heavy atom. The Labute approximate surface area is 142 Å². The molecule has 2 aromatic rings. The maximum Gasteiger partial charge on any atom is 0.180 e. The summed E-state index contributed by atoms with van der Waals surface area (Å²) < 4.78 is 25.0. The predicted octanol–water partition coefficient (Wildman–Crippen LogP) is 3.87. The first-order chi connectivity index (χ1) is 11.0. The summed E-state index contributed by atoms with van der Waals surface area (Å²) in [6.07, 6.45) is 2.13. The first-order valence-corrected chi connectivity index (χ1v) is 9.81. The molecule has 3 rings (SSSR count). The molecule has 2 aromatic carbocycles. The van der Waals surface area contributed by atoms with Gasteiger partial charge in [-0.2, -0.15) is 0 Å². The lowest BCUT2D eigenvalue weighted by Gasteiger charge is -2.31. The van der Waals surface area contributed by atoms with Gasteiger partial charge < -0.3 is 4.90 Å². The Morgan fingerprint density at radius 3 is 2.61 bits per heavy atom. The molecule has 0 saturated carbocycles. The van der Waals surface area contributed by atoms with E-state index in [9.17, 15) is 8.42 Å². The van der Waals surface area contributed by atoms with Gasteiger partial charge in [0.1, 0.15) is 0 Å². The molecule has 122 valence electrons. The van der Waals surface area contributed by atoms with E-state index < -0.39 is 9.84 Å². The van der Waals surface area contributed by atoms with Crippen molar-refractivity contribution in [2.24, 2.45) is 0 Å². The minimum Gasteiger partial charge on any atom is -0.370 e. The molecule has 3 nitrogen and oxygen atoms in total. The Bertz CT molecular complexity index is 800. The topological polar surface area (TPSA) is 37.4 Å². The molecule has 23 heavy (non-hydrogen) atoms. The number of benzene rings is 2. The van der Waals surface area contributed by atoms with Crippen molar-refractivity contribution in [1.82, 2.24) is 0 Å². The van der Waals surface area contributed by atoms with Crippen molar-refractivity contribution in [2.45, 2.75) is 24.7 Å². The molecule has 0 unspecified atom stereocenters. The van der Waals surface area contributed by atoms with Gasteiger partial charge in [0.2, 0.25) is 0 Å². The summed E-state index contributed by atoms with van der Waals surface area (Å²) in [5, 5.41) is 0.546. The van der Waals surface area contributed by atoms with Gasteiger partial charge in [-0.3, -0.25) is 0 Å². The molecule has 1 heterocycles. The van der Waals surface area contributed by atoms with E-state index >= 15 is 0 Å². The zero-order valence-electron chi connectivity index (χ0n) is 13.1. The molecule has 0 spiro atoms. The first-order valence-electron chi connectivity index (χ1n) is 7.78. The Hall–Kier alpha value is -1.52. The minimum atomic E-state index is -3.29. The molecule has 0 aliphatic carbocycles. The molecular formula is C18H20ClNO2S. The number of nitrogens with zero attached hydrogens (tertiary/aromatic N) is 1. The number of anilines is 1. The van der Waals surface area contributed by atoms with Crippen LogP contribution in [0.25, 0.3) is 0 Å². The number of rotatable bonds is 4. The van der Waals surface area contributed by atoms with E-state index in [4.69, 9.17) is 11.6 Å². The van der Waals surface area contributed by atoms with E-state index in [-0.39, 0.29) is 5.75 Å². The number of aryl methyl sites for hydroxylation is 2. The van der Waals surface area contributed by atoms with E-state index in [1.807, 2.05) is 0 Å². The van der Waals surface area contributed by atoms with Crippen molar-refractivity contribution in [3.05, 3.63) is 58.6 Å². The van der Waals surface area contributed by atoms with E-state index in [1.54, 1.807) is 24.3 Å². The quantitative estimate of drug-likeness (QED) is 0.840. The fraction of sp³-hybridized carbons (Fsp3) is 0.333. The normalized spacial score (nSPS) is 14.6. The van der Waals surface area contributed by atoms with Gasteiger partial charge in [-0.05, 0) is 55.7 Å². The smallest absolute Gasteiger partial charge is 0.180 e. The van der Waals surface area contributed by atoms with Crippen molar-refractivity contribution in [3.63, 3.8) is 0 Å². The van der Waals surface area contributed by atoms with Gasteiger partial charge in [0.15, 0.2) is 9.84 Å². The summed E-state index contributed by atoms with van der Waals surface area (Å²) >= 11 is 5.83. The molecule has 1 aliphatic heterocycles. The molecule has 0 fully saturated rings. The van der Waals surface area contributed by atoms with Crippen molar-refractivity contribution >= 4 is 27.1 Å². The van der Waals surface area contributed by atoms with E-state index in [2.05, 4.69) is 30.0 Å². The number of sulfone groups is 1. The second kappa shape index (κ2) is 6.54. The monoisotopic (exact) mass is 349 g/mol. The lowest BCUT2D eigenvalue weighted by atomic mass is 10.00. The van der Waals surface area contributed by atoms with Gasteiger partial charge in [0.05, 0.1) is 10.6 Å². The summed E-state index contributed by atoms with van der Waals surface area (Å²) in [5.41, 5.74) is 3.74. The van der Waals surface area contributed by atoms with Crippen LogP contribution in [0.4, 0.5) is 5.69 Å². The SMILES string of the molecule is Cc1ccc2c(c1)CCCN2CCS(=O)(=O)c1ccc(Cl)cc1. The average Bonchev–Trinajstić information content (AvgIpc) is 2.53. The first kappa shape index (κ1) is 16.3. The molecular weight excluding hydrogens is 330 g/mol. The highest BCUT2D eigenvalue weighted by Crippen LogP contribution is 2.28. The lowest BCUT2D eigenvalue weighted by Crippen LogP contribution is -2.33. The second-order valence-corrected chi connectivity index (χ2v) is 8.54. The third kappa shape index (κ3) is 3.70. The Kier molecular flexibility index (Phi) is 4.64. The van der Waals surface area contributed by atoms with Gasteiger partial charge in [0, 0.05) is 23.8 Å². The van der Waals surface area contributed by atoms with Crippen LogP contribution in [-0.4, -0.2) is 27.3 Å². The molecule has 0 amide bonds. The van der Waals surface area contributed by atoms with Gasteiger partial charge in [-0.25, -0.2) is 8.42 Å². The molecule has 0 N–H and O–H groups in total. The highest BCUT2D eigenvalue weighted by molar-refractivity contribution is 7.91. The highest BCUT2D eigenvalue weighted by Gasteiger charge is 2.20. The summed E-state index contributed by atoms with van der Waals surface area (Å²) in [6.45, 7) is 3.51. The largest absolute Gasteiger partial charge is 0.370 e. The van der Waals surface area contributed by atoms with E-state index in [0.29, 0.717) is 16.5 Å². The third-order valence-electron chi connectivity index (χ3n) is 4.25.